The van der Waals surface area contributed by atoms with Gasteiger partial charge >= 0.3 is 0 Å². The van der Waals surface area contributed by atoms with Crippen LogP contribution in [0, 0.1) is 0 Å². The number of anilines is 1. The van der Waals surface area contributed by atoms with E-state index in [0.717, 1.165) is 17.7 Å². The van der Waals surface area contributed by atoms with Crippen molar-refractivity contribution in [1.29, 1.82) is 0 Å². The molecule has 3 rings (SSSR count). The number of rotatable bonds is 4. The maximum atomic E-state index is 12.4. The number of halogens is 1. The monoisotopic (exact) mass is 338 g/mol. The van der Waals surface area contributed by atoms with Crippen LogP contribution in [0.15, 0.2) is 33.9 Å². The predicted molar refractivity (Wildman–Crippen MR) is 85.6 cm³/mol. The molecule has 1 fully saturated rings. The lowest BCUT2D eigenvalue weighted by molar-refractivity contribution is 0.0889. The first-order valence-electron chi connectivity index (χ1n) is 6.89. The first-order valence-corrected chi connectivity index (χ1v) is 8.49. The number of thioether (sulfide) groups is 1. The summed E-state index contributed by atoms with van der Waals surface area (Å²) >= 11 is 7.70. The Morgan fingerprint density at radius 3 is 3.05 bits per heavy atom. The number of carbonyl (C=O) groups is 1. The molecule has 5 nitrogen and oxygen atoms in total. The topological polar surface area (TPSA) is 64.4 Å². The Morgan fingerprint density at radius 2 is 2.36 bits per heavy atom. The van der Waals surface area contributed by atoms with Gasteiger partial charge in [-0.3, -0.25) is 4.79 Å². The summed E-state index contributed by atoms with van der Waals surface area (Å²) < 4.78 is 10.9. The van der Waals surface area contributed by atoms with E-state index in [9.17, 15) is 4.79 Å². The number of ether oxygens (including phenoxy) is 1. The van der Waals surface area contributed by atoms with Gasteiger partial charge in [-0.1, -0.05) is 11.6 Å². The highest BCUT2D eigenvalue weighted by molar-refractivity contribution is 7.98. The van der Waals surface area contributed by atoms with Gasteiger partial charge in [0.1, 0.15) is 6.10 Å². The van der Waals surface area contributed by atoms with Crippen molar-refractivity contribution in [3.05, 3.63) is 41.1 Å². The first kappa shape index (κ1) is 15.4. The lowest BCUT2D eigenvalue weighted by Gasteiger charge is -2.09. The van der Waals surface area contributed by atoms with Gasteiger partial charge in [0.2, 0.25) is 0 Å². The Labute approximate surface area is 137 Å². The van der Waals surface area contributed by atoms with Crippen molar-refractivity contribution in [2.45, 2.75) is 23.8 Å². The van der Waals surface area contributed by atoms with Crippen LogP contribution in [-0.2, 0) is 4.74 Å². The number of hydrogen-bond acceptors (Lipinski definition) is 5. The standard InChI is InChI=1S/C15H15ClN2O3S/c1-22-12-5-4-9(7-10(12)16)18-15(19)13-14(21-8-17-13)11-3-2-6-20-11/h4-5,7-8,11H,2-3,6H2,1H3,(H,18,19)/t11-/m1/s1. The molecular weight excluding hydrogens is 324 g/mol. The van der Waals surface area contributed by atoms with E-state index in [2.05, 4.69) is 10.3 Å². The zero-order valence-corrected chi connectivity index (χ0v) is 13.5. The van der Waals surface area contributed by atoms with E-state index in [-0.39, 0.29) is 17.7 Å². The predicted octanol–water partition coefficient (Wildman–Crippen LogP) is 4.15. The van der Waals surface area contributed by atoms with Gasteiger partial charge in [-0.2, -0.15) is 0 Å². The number of carbonyl (C=O) groups excluding carboxylic acids is 1. The fraction of sp³-hybridized carbons (Fsp3) is 0.333. The summed E-state index contributed by atoms with van der Waals surface area (Å²) in [4.78, 5) is 17.4. The van der Waals surface area contributed by atoms with Gasteiger partial charge in [0.25, 0.3) is 5.91 Å². The zero-order valence-electron chi connectivity index (χ0n) is 12.0. The van der Waals surface area contributed by atoms with E-state index in [4.69, 9.17) is 20.8 Å². The van der Waals surface area contributed by atoms with Gasteiger partial charge in [0, 0.05) is 17.2 Å². The molecule has 1 aromatic carbocycles. The van der Waals surface area contributed by atoms with Crippen molar-refractivity contribution in [2.24, 2.45) is 0 Å². The van der Waals surface area contributed by atoms with E-state index in [1.165, 1.54) is 6.39 Å². The van der Waals surface area contributed by atoms with E-state index >= 15 is 0 Å². The summed E-state index contributed by atoms with van der Waals surface area (Å²) in [5.74, 6) is 0.161. The summed E-state index contributed by atoms with van der Waals surface area (Å²) in [6.07, 6.45) is 4.83. The molecule has 1 saturated heterocycles. The Balaban J connectivity index is 1.77. The lowest BCUT2D eigenvalue weighted by Crippen LogP contribution is -2.15. The van der Waals surface area contributed by atoms with Gasteiger partial charge in [-0.25, -0.2) is 4.98 Å². The molecule has 0 saturated carbocycles. The number of nitrogens with zero attached hydrogens (tertiary/aromatic N) is 1. The van der Waals surface area contributed by atoms with Crippen LogP contribution in [0.2, 0.25) is 5.02 Å². The van der Waals surface area contributed by atoms with Gasteiger partial charge in [0.15, 0.2) is 17.8 Å². The molecular formula is C15H15ClN2O3S. The van der Waals surface area contributed by atoms with Crippen LogP contribution in [0.3, 0.4) is 0 Å². The summed E-state index contributed by atoms with van der Waals surface area (Å²) in [5, 5.41) is 3.39. The second kappa shape index (κ2) is 6.73. The third-order valence-corrected chi connectivity index (χ3v) is 4.66. The molecule has 1 amide bonds. The molecule has 1 atom stereocenters. The summed E-state index contributed by atoms with van der Waals surface area (Å²) in [6.45, 7) is 0.679. The van der Waals surface area contributed by atoms with Crippen LogP contribution in [-0.4, -0.2) is 23.8 Å². The molecule has 1 aliphatic heterocycles. The van der Waals surface area contributed by atoms with Crippen molar-refractivity contribution in [3.63, 3.8) is 0 Å². The normalized spacial score (nSPS) is 17.6. The van der Waals surface area contributed by atoms with Crippen LogP contribution in [0.1, 0.15) is 35.2 Å². The minimum absolute atomic E-state index is 0.189. The minimum atomic E-state index is -0.327. The van der Waals surface area contributed by atoms with Crippen molar-refractivity contribution < 1.29 is 13.9 Å². The van der Waals surface area contributed by atoms with E-state index in [0.29, 0.717) is 23.1 Å². The molecule has 0 bridgehead atoms. The third-order valence-electron chi connectivity index (χ3n) is 3.44. The maximum absolute atomic E-state index is 12.4. The van der Waals surface area contributed by atoms with E-state index < -0.39 is 0 Å². The number of oxazole rings is 1. The van der Waals surface area contributed by atoms with Gasteiger partial charge in [0.05, 0.1) is 5.02 Å². The number of amides is 1. The van der Waals surface area contributed by atoms with E-state index in [1.807, 2.05) is 12.3 Å². The molecule has 116 valence electrons. The quantitative estimate of drug-likeness (QED) is 0.848. The van der Waals surface area contributed by atoms with Crippen LogP contribution in [0.5, 0.6) is 0 Å². The van der Waals surface area contributed by atoms with Gasteiger partial charge in [-0.05, 0) is 37.3 Å². The van der Waals surface area contributed by atoms with Crippen LogP contribution >= 0.6 is 23.4 Å². The minimum Gasteiger partial charge on any atom is -0.445 e. The molecule has 1 aliphatic rings. The maximum Gasteiger partial charge on any atom is 0.278 e. The molecule has 22 heavy (non-hydrogen) atoms. The number of aromatic nitrogens is 1. The highest BCUT2D eigenvalue weighted by atomic mass is 35.5. The molecule has 0 spiro atoms. The number of nitrogens with one attached hydrogen (secondary N) is 1. The summed E-state index contributed by atoms with van der Waals surface area (Å²) in [6, 6.07) is 5.39. The van der Waals surface area contributed by atoms with E-state index in [1.54, 1.807) is 23.9 Å². The Bertz CT molecular complexity index is 683. The highest BCUT2D eigenvalue weighted by Crippen LogP contribution is 2.31. The van der Waals surface area contributed by atoms with Crippen molar-refractivity contribution in [3.8, 4) is 0 Å². The van der Waals surface area contributed by atoms with Crippen LogP contribution in [0.4, 0.5) is 5.69 Å². The summed E-state index contributed by atoms with van der Waals surface area (Å²) in [5.41, 5.74) is 0.881. The molecule has 0 aliphatic carbocycles. The van der Waals surface area contributed by atoms with Crippen molar-refractivity contribution in [1.82, 2.24) is 4.98 Å². The number of hydrogen-bond donors (Lipinski definition) is 1. The Hall–Kier alpha value is -1.50. The lowest BCUT2D eigenvalue weighted by atomic mass is 10.1. The van der Waals surface area contributed by atoms with Gasteiger partial charge in [-0.15, -0.1) is 11.8 Å². The molecule has 2 aromatic rings. The molecule has 2 heterocycles. The number of benzene rings is 1. The molecule has 1 aromatic heterocycles. The Kier molecular flexibility index (Phi) is 4.71. The molecule has 7 heteroatoms. The smallest absolute Gasteiger partial charge is 0.278 e. The largest absolute Gasteiger partial charge is 0.445 e. The average Bonchev–Trinajstić information content (AvgIpc) is 3.18. The average molecular weight is 339 g/mol. The fourth-order valence-corrected chi connectivity index (χ4v) is 3.24. The zero-order chi connectivity index (χ0) is 15.5. The summed E-state index contributed by atoms with van der Waals surface area (Å²) in [7, 11) is 0. The third kappa shape index (κ3) is 3.14. The molecule has 1 N–H and O–H groups in total. The second-order valence-electron chi connectivity index (χ2n) is 4.87. The Morgan fingerprint density at radius 1 is 1.50 bits per heavy atom. The van der Waals surface area contributed by atoms with Crippen LogP contribution in [0.25, 0.3) is 0 Å². The highest BCUT2D eigenvalue weighted by Gasteiger charge is 2.28. The fourth-order valence-electron chi connectivity index (χ4n) is 2.37. The molecule has 0 radical (unpaired) electrons. The van der Waals surface area contributed by atoms with Gasteiger partial charge < -0.3 is 14.5 Å². The van der Waals surface area contributed by atoms with Crippen molar-refractivity contribution in [2.75, 3.05) is 18.2 Å². The second-order valence-corrected chi connectivity index (χ2v) is 6.13. The van der Waals surface area contributed by atoms with Crippen LogP contribution < -0.4 is 5.32 Å². The van der Waals surface area contributed by atoms with Crippen molar-refractivity contribution >= 4 is 35.0 Å². The first-order chi connectivity index (χ1) is 10.7. The molecule has 0 unspecified atom stereocenters. The SMILES string of the molecule is CSc1ccc(NC(=O)c2ncoc2[C@H]2CCCO2)cc1Cl.